The highest BCUT2D eigenvalue weighted by atomic mass is 35.5. The Morgan fingerprint density at radius 3 is 2.60 bits per heavy atom. The second-order valence-electron chi connectivity index (χ2n) is 5.67. The first-order valence-corrected chi connectivity index (χ1v) is 8.31. The Morgan fingerprint density at radius 2 is 1.95 bits per heavy atom. The number of benzene rings is 1. The molecule has 1 fully saturated rings. The lowest BCUT2D eigenvalue weighted by Crippen LogP contribution is -2.37. The number of nitrogens with zero attached hydrogens (tertiary/aromatic N) is 1. The summed E-state index contributed by atoms with van der Waals surface area (Å²) in [4.78, 5) is 2.51. The van der Waals surface area contributed by atoms with Crippen LogP contribution in [0.4, 0.5) is 0 Å². The number of piperidine rings is 1. The number of nitrogens with one attached hydrogen (secondary N) is 1. The van der Waals surface area contributed by atoms with Gasteiger partial charge in [-0.1, -0.05) is 36.2 Å². The third-order valence-corrected chi connectivity index (χ3v) is 4.70. The van der Waals surface area contributed by atoms with Crippen molar-refractivity contribution in [1.82, 2.24) is 10.2 Å². The Bertz CT molecular complexity index is 415. The van der Waals surface area contributed by atoms with Gasteiger partial charge in [-0.2, -0.15) is 0 Å². The van der Waals surface area contributed by atoms with Crippen LogP contribution in [-0.2, 0) is 6.54 Å². The van der Waals surface area contributed by atoms with E-state index >= 15 is 0 Å². The van der Waals surface area contributed by atoms with Crippen molar-refractivity contribution in [3.05, 3.63) is 33.8 Å². The fraction of sp³-hybridized carbons (Fsp3) is 0.625. The van der Waals surface area contributed by atoms with E-state index in [1.165, 1.54) is 44.5 Å². The second-order valence-corrected chi connectivity index (χ2v) is 6.49. The summed E-state index contributed by atoms with van der Waals surface area (Å²) in [6.45, 7) is 7.87. The third kappa shape index (κ3) is 4.92. The number of halogens is 2. The van der Waals surface area contributed by atoms with Crippen LogP contribution in [0.5, 0.6) is 0 Å². The van der Waals surface area contributed by atoms with Crippen molar-refractivity contribution < 1.29 is 0 Å². The predicted molar refractivity (Wildman–Crippen MR) is 87.6 cm³/mol. The highest BCUT2D eigenvalue weighted by molar-refractivity contribution is 6.42. The molecule has 1 aliphatic rings. The lowest BCUT2D eigenvalue weighted by Gasteiger charge is -2.32. The van der Waals surface area contributed by atoms with Gasteiger partial charge in [0.15, 0.2) is 0 Å². The van der Waals surface area contributed by atoms with Gasteiger partial charge in [0, 0.05) is 6.54 Å². The maximum absolute atomic E-state index is 6.07. The van der Waals surface area contributed by atoms with Crippen molar-refractivity contribution >= 4 is 23.2 Å². The summed E-state index contributed by atoms with van der Waals surface area (Å²) in [5.74, 6) is 0.839. The summed E-state index contributed by atoms with van der Waals surface area (Å²) in [5.41, 5.74) is 1.25. The quantitative estimate of drug-likeness (QED) is 0.791. The van der Waals surface area contributed by atoms with Gasteiger partial charge in [-0.3, -0.25) is 4.90 Å². The van der Waals surface area contributed by atoms with Gasteiger partial charge < -0.3 is 5.32 Å². The molecule has 0 atom stereocenters. The molecule has 0 saturated carbocycles. The normalized spacial score (nSPS) is 17.6. The van der Waals surface area contributed by atoms with E-state index in [4.69, 9.17) is 23.2 Å². The zero-order valence-electron chi connectivity index (χ0n) is 12.2. The number of rotatable bonds is 6. The Labute approximate surface area is 132 Å². The van der Waals surface area contributed by atoms with Crippen molar-refractivity contribution in [3.63, 3.8) is 0 Å². The molecule has 112 valence electrons. The maximum atomic E-state index is 6.07. The van der Waals surface area contributed by atoms with Crippen molar-refractivity contribution in [2.45, 2.75) is 32.7 Å². The first-order chi connectivity index (χ1) is 9.69. The van der Waals surface area contributed by atoms with Crippen LogP contribution in [0.3, 0.4) is 0 Å². The lowest BCUT2D eigenvalue weighted by atomic mass is 9.96. The fourth-order valence-corrected chi connectivity index (χ4v) is 3.05. The number of hydrogen-bond acceptors (Lipinski definition) is 2. The van der Waals surface area contributed by atoms with Gasteiger partial charge in [0.1, 0.15) is 0 Å². The Balaban J connectivity index is 1.75. The summed E-state index contributed by atoms with van der Waals surface area (Å²) in [7, 11) is 0. The monoisotopic (exact) mass is 314 g/mol. The first kappa shape index (κ1) is 16.1. The molecule has 1 N–H and O–H groups in total. The molecule has 20 heavy (non-hydrogen) atoms. The molecule has 0 spiro atoms. The molecule has 1 heterocycles. The largest absolute Gasteiger partial charge is 0.316 e. The van der Waals surface area contributed by atoms with E-state index in [0.717, 1.165) is 19.0 Å². The molecule has 0 aliphatic carbocycles. The van der Waals surface area contributed by atoms with Crippen LogP contribution in [0.15, 0.2) is 18.2 Å². The smallest absolute Gasteiger partial charge is 0.0595 e. The van der Waals surface area contributed by atoms with E-state index in [0.29, 0.717) is 10.0 Å². The summed E-state index contributed by atoms with van der Waals surface area (Å²) >= 11 is 12.0. The molecule has 0 aromatic heterocycles. The molecule has 0 bridgehead atoms. The van der Waals surface area contributed by atoms with Crippen LogP contribution >= 0.6 is 23.2 Å². The van der Waals surface area contributed by atoms with E-state index in [1.54, 1.807) is 0 Å². The zero-order chi connectivity index (χ0) is 14.4. The van der Waals surface area contributed by atoms with Crippen molar-refractivity contribution in [2.24, 2.45) is 5.92 Å². The minimum atomic E-state index is 0.635. The molecule has 2 rings (SSSR count). The van der Waals surface area contributed by atoms with Gasteiger partial charge in [0.05, 0.1) is 10.0 Å². The van der Waals surface area contributed by atoms with Crippen LogP contribution in [-0.4, -0.2) is 31.1 Å². The second kappa shape index (κ2) is 8.23. The maximum Gasteiger partial charge on any atom is 0.0595 e. The molecule has 0 radical (unpaired) electrons. The van der Waals surface area contributed by atoms with E-state index < -0.39 is 0 Å². The molecular weight excluding hydrogens is 291 g/mol. The van der Waals surface area contributed by atoms with Crippen LogP contribution in [0, 0.1) is 5.92 Å². The average Bonchev–Trinajstić information content (AvgIpc) is 2.45. The molecule has 4 heteroatoms. The summed E-state index contributed by atoms with van der Waals surface area (Å²) in [5, 5.41) is 4.82. The Hall–Kier alpha value is -0.280. The molecule has 1 saturated heterocycles. The molecule has 1 aromatic carbocycles. The first-order valence-electron chi connectivity index (χ1n) is 7.56. The van der Waals surface area contributed by atoms with E-state index in [9.17, 15) is 0 Å². The molecule has 1 aromatic rings. The van der Waals surface area contributed by atoms with Gasteiger partial charge in [0.2, 0.25) is 0 Å². The average molecular weight is 315 g/mol. The standard InChI is InChI=1S/C16H24Cl2N2/c1-2-7-19-11-13-5-8-20(9-6-13)12-14-3-4-15(17)16(18)10-14/h3-4,10,13,19H,2,5-9,11-12H2,1H3. The minimum absolute atomic E-state index is 0.635. The fourth-order valence-electron chi connectivity index (χ4n) is 2.73. The molecule has 1 aliphatic heterocycles. The van der Waals surface area contributed by atoms with E-state index in [2.05, 4.69) is 23.2 Å². The molecule has 2 nitrogen and oxygen atoms in total. The van der Waals surface area contributed by atoms with Crippen LogP contribution in [0.25, 0.3) is 0 Å². The topological polar surface area (TPSA) is 15.3 Å². The van der Waals surface area contributed by atoms with Crippen molar-refractivity contribution in [2.75, 3.05) is 26.2 Å². The van der Waals surface area contributed by atoms with Gasteiger partial charge in [-0.05, 0) is 69.1 Å². The zero-order valence-corrected chi connectivity index (χ0v) is 13.7. The van der Waals surface area contributed by atoms with Gasteiger partial charge in [0.25, 0.3) is 0 Å². The summed E-state index contributed by atoms with van der Waals surface area (Å²) < 4.78 is 0. The van der Waals surface area contributed by atoms with Crippen LogP contribution in [0.1, 0.15) is 31.7 Å². The van der Waals surface area contributed by atoms with Crippen molar-refractivity contribution in [3.8, 4) is 0 Å². The Morgan fingerprint density at radius 1 is 1.20 bits per heavy atom. The van der Waals surface area contributed by atoms with E-state index in [-0.39, 0.29) is 0 Å². The van der Waals surface area contributed by atoms with Gasteiger partial charge in [-0.15, -0.1) is 0 Å². The summed E-state index contributed by atoms with van der Waals surface area (Å²) in [6.07, 6.45) is 3.80. The lowest BCUT2D eigenvalue weighted by molar-refractivity contribution is 0.175. The highest BCUT2D eigenvalue weighted by Gasteiger charge is 2.18. The van der Waals surface area contributed by atoms with Crippen LogP contribution in [0.2, 0.25) is 10.0 Å². The van der Waals surface area contributed by atoms with E-state index in [1.807, 2.05) is 12.1 Å². The number of hydrogen-bond donors (Lipinski definition) is 1. The Kier molecular flexibility index (Phi) is 6.63. The highest BCUT2D eigenvalue weighted by Crippen LogP contribution is 2.24. The third-order valence-electron chi connectivity index (χ3n) is 3.96. The molecule has 0 unspecified atom stereocenters. The van der Waals surface area contributed by atoms with Crippen LogP contribution < -0.4 is 5.32 Å². The van der Waals surface area contributed by atoms with Crippen molar-refractivity contribution in [1.29, 1.82) is 0 Å². The number of likely N-dealkylation sites (tertiary alicyclic amines) is 1. The predicted octanol–water partition coefficient (Wildman–Crippen LogP) is 4.21. The molecule has 0 amide bonds. The summed E-state index contributed by atoms with van der Waals surface area (Å²) in [6, 6.07) is 5.95. The van der Waals surface area contributed by atoms with Gasteiger partial charge in [-0.25, -0.2) is 0 Å². The van der Waals surface area contributed by atoms with Gasteiger partial charge >= 0.3 is 0 Å². The SMILES string of the molecule is CCCNCC1CCN(Cc2ccc(Cl)c(Cl)c2)CC1. The molecular formula is C16H24Cl2N2. The minimum Gasteiger partial charge on any atom is -0.316 e.